The quantitative estimate of drug-likeness (QED) is 0.630. The van der Waals surface area contributed by atoms with Gasteiger partial charge < -0.3 is 4.90 Å². The third kappa shape index (κ3) is 4.13. The molecule has 3 aromatic rings. The molecule has 2 aromatic heterocycles. The molecular weight excluding hydrogens is 379 g/mol. The Morgan fingerprint density at radius 2 is 1.90 bits per heavy atom. The highest BCUT2D eigenvalue weighted by atomic mass is 19.1. The van der Waals surface area contributed by atoms with E-state index < -0.39 is 0 Å². The maximum atomic E-state index is 13.3. The van der Waals surface area contributed by atoms with Gasteiger partial charge in [-0.25, -0.2) is 4.39 Å². The molecule has 1 fully saturated rings. The molecule has 0 unspecified atom stereocenters. The van der Waals surface area contributed by atoms with Gasteiger partial charge in [-0.05, 0) is 73.6 Å². The van der Waals surface area contributed by atoms with E-state index in [0.717, 1.165) is 47.5 Å². The number of benzene rings is 1. The second-order valence-electron chi connectivity index (χ2n) is 8.30. The SMILES string of the molecule is Cc1cc(-c2ccc(F)cc2)cc([C@H]2CCCCN2C(=O)c2cc(C(C)C)[nH]n2)n1. The zero-order valence-corrected chi connectivity index (χ0v) is 17.7. The molecule has 0 radical (unpaired) electrons. The molecule has 156 valence electrons. The van der Waals surface area contributed by atoms with Gasteiger partial charge in [-0.2, -0.15) is 5.10 Å². The van der Waals surface area contributed by atoms with Crippen LogP contribution >= 0.6 is 0 Å². The molecular formula is C24H27FN4O. The number of H-pyrrole nitrogens is 1. The van der Waals surface area contributed by atoms with E-state index in [2.05, 4.69) is 24.0 Å². The van der Waals surface area contributed by atoms with E-state index in [1.54, 1.807) is 12.1 Å². The van der Waals surface area contributed by atoms with Crippen LogP contribution in [0.25, 0.3) is 11.1 Å². The van der Waals surface area contributed by atoms with E-state index in [4.69, 9.17) is 4.98 Å². The summed E-state index contributed by atoms with van der Waals surface area (Å²) in [6.07, 6.45) is 2.89. The van der Waals surface area contributed by atoms with E-state index in [-0.39, 0.29) is 23.7 Å². The topological polar surface area (TPSA) is 61.9 Å². The second-order valence-corrected chi connectivity index (χ2v) is 8.30. The summed E-state index contributed by atoms with van der Waals surface area (Å²) in [5.74, 6) is -0.0315. The lowest BCUT2D eigenvalue weighted by atomic mass is 9.95. The molecule has 0 saturated carbocycles. The number of piperidine rings is 1. The van der Waals surface area contributed by atoms with Gasteiger partial charge >= 0.3 is 0 Å². The van der Waals surface area contributed by atoms with Crippen LogP contribution < -0.4 is 0 Å². The maximum Gasteiger partial charge on any atom is 0.274 e. The van der Waals surface area contributed by atoms with Gasteiger partial charge in [0.15, 0.2) is 0 Å². The van der Waals surface area contributed by atoms with E-state index in [9.17, 15) is 9.18 Å². The van der Waals surface area contributed by atoms with Crippen LogP contribution in [0.5, 0.6) is 0 Å². The number of aromatic nitrogens is 3. The molecule has 1 atom stereocenters. The molecule has 0 bridgehead atoms. The molecule has 0 spiro atoms. The Kier molecular flexibility index (Phi) is 5.66. The van der Waals surface area contributed by atoms with Crippen molar-refractivity contribution in [3.05, 3.63) is 71.1 Å². The van der Waals surface area contributed by atoms with E-state index in [0.29, 0.717) is 12.2 Å². The Hall–Kier alpha value is -3.02. The molecule has 6 heteroatoms. The van der Waals surface area contributed by atoms with E-state index in [1.807, 2.05) is 30.0 Å². The van der Waals surface area contributed by atoms with Crippen LogP contribution in [0.1, 0.15) is 72.6 Å². The molecule has 3 heterocycles. The Morgan fingerprint density at radius 1 is 1.13 bits per heavy atom. The first-order valence-corrected chi connectivity index (χ1v) is 10.5. The van der Waals surface area contributed by atoms with Crippen LogP contribution in [-0.4, -0.2) is 32.5 Å². The lowest BCUT2D eigenvalue weighted by Crippen LogP contribution is -2.39. The average molecular weight is 407 g/mol. The van der Waals surface area contributed by atoms with E-state index in [1.165, 1.54) is 12.1 Å². The summed E-state index contributed by atoms with van der Waals surface area (Å²) in [5, 5.41) is 7.24. The molecule has 1 amide bonds. The first-order chi connectivity index (χ1) is 14.4. The normalized spacial score (nSPS) is 16.8. The van der Waals surface area contributed by atoms with Crippen LogP contribution in [0.15, 0.2) is 42.5 Å². The number of rotatable bonds is 4. The standard InChI is InChI=1S/C24H27FN4O/c1-15(2)20-14-22(28-27-20)24(30)29-11-5-4-6-23(29)21-13-18(12-16(3)26-21)17-7-9-19(25)10-8-17/h7-10,12-15,23H,4-6,11H2,1-3H3,(H,27,28)/t23-/m1/s1. The lowest BCUT2D eigenvalue weighted by molar-refractivity contribution is 0.0599. The van der Waals surface area contributed by atoms with Gasteiger partial charge in [0.2, 0.25) is 0 Å². The number of pyridine rings is 1. The van der Waals surface area contributed by atoms with Gasteiger partial charge in [0.1, 0.15) is 11.5 Å². The minimum atomic E-state index is -0.256. The Morgan fingerprint density at radius 3 is 2.60 bits per heavy atom. The van der Waals surface area contributed by atoms with Crippen molar-refractivity contribution in [2.75, 3.05) is 6.54 Å². The predicted molar refractivity (Wildman–Crippen MR) is 115 cm³/mol. The number of amides is 1. The van der Waals surface area contributed by atoms with Crippen molar-refractivity contribution in [2.45, 2.75) is 52.0 Å². The van der Waals surface area contributed by atoms with E-state index >= 15 is 0 Å². The van der Waals surface area contributed by atoms with Gasteiger partial charge in [0.05, 0.1) is 11.7 Å². The summed E-state index contributed by atoms with van der Waals surface area (Å²) in [7, 11) is 0. The van der Waals surface area contributed by atoms with Crippen molar-refractivity contribution in [2.24, 2.45) is 0 Å². The average Bonchev–Trinajstić information content (AvgIpc) is 3.24. The number of likely N-dealkylation sites (tertiary alicyclic amines) is 1. The Balaban J connectivity index is 1.67. The molecule has 0 aliphatic carbocycles. The summed E-state index contributed by atoms with van der Waals surface area (Å²) in [5.41, 5.74) is 5.09. The fourth-order valence-electron chi connectivity index (χ4n) is 4.05. The van der Waals surface area contributed by atoms with Crippen molar-refractivity contribution >= 4 is 5.91 Å². The van der Waals surface area contributed by atoms with Crippen LogP contribution in [-0.2, 0) is 0 Å². The minimum Gasteiger partial charge on any atom is -0.329 e. The number of halogens is 1. The fraction of sp³-hybridized carbons (Fsp3) is 0.375. The maximum absolute atomic E-state index is 13.3. The van der Waals surface area contributed by atoms with Crippen LogP contribution in [0.2, 0.25) is 0 Å². The molecule has 4 rings (SSSR count). The number of aryl methyl sites for hydroxylation is 1. The number of aromatic amines is 1. The van der Waals surface area contributed by atoms with Crippen LogP contribution in [0, 0.1) is 12.7 Å². The van der Waals surface area contributed by atoms with Crippen molar-refractivity contribution in [1.82, 2.24) is 20.1 Å². The van der Waals surface area contributed by atoms with Crippen molar-refractivity contribution < 1.29 is 9.18 Å². The number of nitrogens with zero attached hydrogens (tertiary/aromatic N) is 3. The molecule has 5 nitrogen and oxygen atoms in total. The van der Waals surface area contributed by atoms with Gasteiger partial charge in [-0.3, -0.25) is 14.9 Å². The smallest absolute Gasteiger partial charge is 0.274 e. The van der Waals surface area contributed by atoms with Gasteiger partial charge in [0, 0.05) is 17.9 Å². The zero-order chi connectivity index (χ0) is 21.3. The molecule has 1 aliphatic rings. The number of hydrogen-bond acceptors (Lipinski definition) is 3. The number of carbonyl (C=O) groups excluding carboxylic acids is 1. The highest BCUT2D eigenvalue weighted by Gasteiger charge is 2.31. The van der Waals surface area contributed by atoms with Crippen LogP contribution in [0.3, 0.4) is 0 Å². The van der Waals surface area contributed by atoms with Crippen molar-refractivity contribution in [3.8, 4) is 11.1 Å². The third-order valence-electron chi connectivity index (χ3n) is 5.69. The van der Waals surface area contributed by atoms with Crippen molar-refractivity contribution in [3.63, 3.8) is 0 Å². The summed E-state index contributed by atoms with van der Waals surface area (Å²) in [6, 6.07) is 12.3. The van der Waals surface area contributed by atoms with Gasteiger partial charge in [-0.15, -0.1) is 0 Å². The van der Waals surface area contributed by atoms with Gasteiger partial charge in [0.25, 0.3) is 5.91 Å². The first kappa shape index (κ1) is 20.3. The Bertz CT molecular complexity index is 1040. The van der Waals surface area contributed by atoms with Crippen molar-refractivity contribution in [1.29, 1.82) is 0 Å². The first-order valence-electron chi connectivity index (χ1n) is 10.5. The lowest BCUT2D eigenvalue weighted by Gasteiger charge is -2.35. The number of nitrogens with one attached hydrogen (secondary N) is 1. The highest BCUT2D eigenvalue weighted by Crippen LogP contribution is 2.33. The number of hydrogen-bond donors (Lipinski definition) is 1. The largest absolute Gasteiger partial charge is 0.329 e. The Labute approximate surface area is 176 Å². The second kappa shape index (κ2) is 8.38. The summed E-state index contributed by atoms with van der Waals surface area (Å²) in [6.45, 7) is 6.78. The van der Waals surface area contributed by atoms with Gasteiger partial charge in [-0.1, -0.05) is 26.0 Å². The molecule has 1 N–H and O–H groups in total. The predicted octanol–water partition coefficient (Wildman–Crippen LogP) is 5.41. The summed E-state index contributed by atoms with van der Waals surface area (Å²) in [4.78, 5) is 19.9. The fourth-order valence-corrected chi connectivity index (χ4v) is 4.05. The van der Waals surface area contributed by atoms with Crippen LogP contribution in [0.4, 0.5) is 4.39 Å². The summed E-state index contributed by atoms with van der Waals surface area (Å²) >= 11 is 0. The molecule has 30 heavy (non-hydrogen) atoms. The minimum absolute atomic E-state index is 0.0607. The molecule has 1 aliphatic heterocycles. The third-order valence-corrected chi connectivity index (χ3v) is 5.69. The highest BCUT2D eigenvalue weighted by molar-refractivity contribution is 5.92. The zero-order valence-electron chi connectivity index (χ0n) is 17.7. The number of carbonyl (C=O) groups is 1. The molecule has 1 saturated heterocycles. The monoisotopic (exact) mass is 406 g/mol. The molecule has 1 aromatic carbocycles. The summed E-state index contributed by atoms with van der Waals surface area (Å²) < 4.78 is 13.3.